The van der Waals surface area contributed by atoms with Crippen LogP contribution < -0.4 is 0 Å². The zero-order valence-electron chi connectivity index (χ0n) is 37.6. The maximum Gasteiger partial charge on any atom is 0.160 e. The summed E-state index contributed by atoms with van der Waals surface area (Å²) in [6.45, 7) is 4.51. The highest BCUT2D eigenvalue weighted by atomic mass is 32.1. The SMILES string of the molecule is [2H]c1c([2H])c([2H])c2c(-c3cc(-c4ccc5sc6ccccc6c5c4)cc(-c4cc(-c5ccc6c(c5)C(C)(C)c5ccccc5-6)nc(-c5ccccc5)n4)c3)c([2H])c([2H])c([2H])c2c1[2H]. The molecule has 1 aliphatic carbocycles. The van der Waals surface area contributed by atoms with Gasteiger partial charge in [0.25, 0.3) is 0 Å². The maximum absolute atomic E-state index is 9.32. The van der Waals surface area contributed by atoms with Crippen LogP contribution in [0, 0.1) is 0 Å². The van der Waals surface area contributed by atoms with Crippen molar-refractivity contribution in [2.75, 3.05) is 0 Å². The molecule has 2 heterocycles. The largest absolute Gasteiger partial charge is 0.228 e. The Morgan fingerprint density at radius 1 is 0.446 bits per heavy atom. The summed E-state index contributed by atoms with van der Waals surface area (Å²) in [6.07, 6.45) is 0. The molecule has 0 N–H and O–H groups in total. The van der Waals surface area contributed by atoms with Gasteiger partial charge in [0.05, 0.1) is 21.0 Å². The fourth-order valence-electron chi connectivity index (χ4n) is 8.34. The zero-order valence-corrected chi connectivity index (χ0v) is 31.4. The number of rotatable bonds is 5. The van der Waals surface area contributed by atoms with E-state index >= 15 is 0 Å². The van der Waals surface area contributed by atoms with Crippen LogP contribution >= 0.6 is 11.3 Å². The van der Waals surface area contributed by atoms with Crippen molar-refractivity contribution in [2.45, 2.75) is 19.3 Å². The average Bonchev–Trinajstić information content (AvgIpc) is 3.80. The first-order valence-electron chi connectivity index (χ1n) is 22.2. The van der Waals surface area contributed by atoms with E-state index < -0.39 is 30.2 Å². The lowest BCUT2D eigenvalue weighted by atomic mass is 9.82. The van der Waals surface area contributed by atoms with Crippen LogP contribution in [0.4, 0.5) is 0 Å². The van der Waals surface area contributed by atoms with Crippen LogP contribution in [-0.4, -0.2) is 9.97 Å². The van der Waals surface area contributed by atoms with Gasteiger partial charge < -0.3 is 0 Å². The van der Waals surface area contributed by atoms with Gasteiger partial charge in [-0.3, -0.25) is 0 Å². The second-order valence-electron chi connectivity index (χ2n) is 14.9. The van der Waals surface area contributed by atoms with E-state index in [9.17, 15) is 1.37 Å². The lowest BCUT2D eigenvalue weighted by Crippen LogP contribution is -2.14. The van der Waals surface area contributed by atoms with E-state index in [-0.39, 0.29) is 33.8 Å². The number of hydrogen-bond acceptors (Lipinski definition) is 3. The number of thiophene rings is 1. The van der Waals surface area contributed by atoms with Crippen molar-refractivity contribution < 1.29 is 9.60 Å². The topological polar surface area (TPSA) is 25.8 Å². The average molecular weight is 740 g/mol. The Morgan fingerprint density at radius 3 is 2.05 bits per heavy atom. The Labute approximate surface area is 340 Å². The molecule has 0 unspecified atom stereocenters. The molecule has 0 bridgehead atoms. The number of benzene rings is 8. The Hall–Kier alpha value is -6.68. The molecule has 0 aliphatic heterocycles. The number of nitrogens with zero attached hydrogens (tertiary/aromatic N) is 2. The van der Waals surface area contributed by atoms with E-state index in [0.717, 1.165) is 43.4 Å². The van der Waals surface area contributed by atoms with Crippen LogP contribution in [0.25, 0.3) is 98.2 Å². The van der Waals surface area contributed by atoms with E-state index in [4.69, 9.17) is 18.2 Å². The first-order valence-corrected chi connectivity index (χ1v) is 19.5. The van der Waals surface area contributed by atoms with Crippen molar-refractivity contribution in [3.8, 4) is 67.3 Å². The quantitative estimate of drug-likeness (QED) is 0.176. The minimum atomic E-state index is -0.490. The molecule has 0 fully saturated rings. The van der Waals surface area contributed by atoms with Gasteiger partial charge >= 0.3 is 0 Å². The van der Waals surface area contributed by atoms with E-state index in [1.54, 1.807) is 11.3 Å². The summed E-state index contributed by atoms with van der Waals surface area (Å²) in [5.74, 6) is 0.525. The van der Waals surface area contributed by atoms with Crippen LogP contribution in [-0.2, 0) is 5.41 Å². The second-order valence-corrected chi connectivity index (χ2v) is 16.0. The van der Waals surface area contributed by atoms with Gasteiger partial charge in [0.1, 0.15) is 0 Å². The molecule has 10 aromatic rings. The molecule has 8 aromatic carbocycles. The summed E-state index contributed by atoms with van der Waals surface area (Å²) in [5.41, 5.74) is 10.8. The molecule has 0 spiro atoms. The molecular formula is C53H36N2S. The molecule has 2 aromatic heterocycles. The molecule has 1 aliphatic rings. The summed E-state index contributed by atoms with van der Waals surface area (Å²) in [4.78, 5) is 10.4. The monoisotopic (exact) mass is 739 g/mol. The maximum atomic E-state index is 9.32. The van der Waals surface area contributed by atoms with Crippen LogP contribution in [0.1, 0.15) is 34.6 Å². The zero-order chi connectivity index (χ0) is 43.5. The molecule has 0 atom stereocenters. The number of aromatic nitrogens is 2. The van der Waals surface area contributed by atoms with Crippen molar-refractivity contribution in [2.24, 2.45) is 0 Å². The Bertz CT molecular complexity index is 3570. The molecule has 2 nitrogen and oxygen atoms in total. The fraction of sp³-hybridized carbons (Fsp3) is 0.0566. The third kappa shape index (κ3) is 5.31. The molecule has 3 heteroatoms. The van der Waals surface area contributed by atoms with Crippen LogP contribution in [0.2, 0.25) is 0 Å². The van der Waals surface area contributed by atoms with Crippen LogP contribution in [0.3, 0.4) is 0 Å². The Balaban J connectivity index is 1.19. The van der Waals surface area contributed by atoms with Crippen molar-refractivity contribution in [3.63, 3.8) is 0 Å². The van der Waals surface area contributed by atoms with Crippen molar-refractivity contribution >= 4 is 42.3 Å². The van der Waals surface area contributed by atoms with Crippen molar-refractivity contribution in [1.82, 2.24) is 9.97 Å². The van der Waals surface area contributed by atoms with Gasteiger partial charge in [-0.1, -0.05) is 147 Å². The summed E-state index contributed by atoms with van der Waals surface area (Å²) in [5, 5.41) is 2.19. The highest BCUT2D eigenvalue weighted by Gasteiger charge is 2.35. The van der Waals surface area contributed by atoms with Gasteiger partial charge in [-0.15, -0.1) is 11.3 Å². The Kier molecular flexibility index (Phi) is 5.94. The lowest BCUT2D eigenvalue weighted by molar-refractivity contribution is 0.660. The predicted octanol–water partition coefficient (Wildman–Crippen LogP) is 14.6. The molecule has 0 radical (unpaired) electrons. The van der Waals surface area contributed by atoms with Gasteiger partial charge in [0.15, 0.2) is 5.82 Å². The molecule has 0 amide bonds. The van der Waals surface area contributed by atoms with Gasteiger partial charge in [-0.25, -0.2) is 9.97 Å². The van der Waals surface area contributed by atoms with Gasteiger partial charge in [-0.05, 0) is 104 Å². The smallest absolute Gasteiger partial charge is 0.160 e. The highest BCUT2D eigenvalue weighted by molar-refractivity contribution is 7.25. The molecule has 0 saturated heterocycles. The standard InChI is InChI=1S/C53H36N2S/c1-53(2)46-21-10-8-18-42(46)43-25-23-36(31-47(43)53)48-32-49(55-52(54-48)34-14-4-3-5-15-34)39-28-37(27-38(29-39)41-20-12-16-33-13-6-7-17-40(33)41)35-24-26-51-45(30-35)44-19-9-11-22-50(44)56-51/h3-32H,1-2H3/i6D,7D,12D,13D,16D,17D,20D. The fourth-order valence-corrected chi connectivity index (χ4v) is 9.43. The minimum Gasteiger partial charge on any atom is -0.228 e. The van der Waals surface area contributed by atoms with Gasteiger partial charge in [0, 0.05) is 42.3 Å². The summed E-state index contributed by atoms with van der Waals surface area (Å²) in [7, 11) is 0. The number of fused-ring (bicyclic) bond motifs is 7. The molecule has 0 saturated carbocycles. The molecule has 56 heavy (non-hydrogen) atoms. The van der Waals surface area contributed by atoms with Gasteiger partial charge in [0.2, 0.25) is 0 Å². The van der Waals surface area contributed by atoms with E-state index in [1.165, 1.54) is 27.0 Å². The summed E-state index contributed by atoms with van der Waals surface area (Å²) >= 11 is 1.73. The van der Waals surface area contributed by atoms with Crippen molar-refractivity contribution in [1.29, 1.82) is 0 Å². The molecular weight excluding hydrogens is 697 g/mol. The van der Waals surface area contributed by atoms with E-state index in [0.29, 0.717) is 22.6 Å². The normalized spacial score (nSPS) is 14.7. The van der Waals surface area contributed by atoms with E-state index in [1.807, 2.05) is 60.7 Å². The molecule has 264 valence electrons. The predicted molar refractivity (Wildman–Crippen MR) is 237 cm³/mol. The third-order valence-electron chi connectivity index (χ3n) is 11.2. The lowest BCUT2D eigenvalue weighted by Gasteiger charge is -2.22. The summed E-state index contributed by atoms with van der Waals surface area (Å²) < 4.78 is 64.4. The Morgan fingerprint density at radius 2 is 1.14 bits per heavy atom. The van der Waals surface area contributed by atoms with Crippen LogP contribution in [0.15, 0.2) is 182 Å². The first kappa shape index (κ1) is 26.2. The van der Waals surface area contributed by atoms with E-state index in [2.05, 4.69) is 92.7 Å². The van der Waals surface area contributed by atoms with Crippen LogP contribution in [0.5, 0.6) is 0 Å². The minimum absolute atomic E-state index is 0.0319. The molecule has 11 rings (SSSR count). The summed E-state index contributed by atoms with van der Waals surface area (Å²) in [6, 6.07) is 44.6. The highest BCUT2D eigenvalue weighted by Crippen LogP contribution is 2.49. The number of hydrogen-bond donors (Lipinski definition) is 0. The van der Waals surface area contributed by atoms with Gasteiger partial charge in [-0.2, -0.15) is 0 Å². The second kappa shape index (κ2) is 12.7. The third-order valence-corrected chi connectivity index (χ3v) is 12.3. The first-order chi connectivity index (χ1) is 30.4. The van der Waals surface area contributed by atoms with Crippen molar-refractivity contribution in [3.05, 3.63) is 193 Å².